The lowest BCUT2D eigenvalue weighted by Crippen LogP contribution is -2.48. The minimum atomic E-state index is -0.735. The third-order valence-electron chi connectivity index (χ3n) is 7.12. The van der Waals surface area contributed by atoms with Crippen LogP contribution in [0.2, 0.25) is 0 Å². The van der Waals surface area contributed by atoms with E-state index < -0.39 is 18.1 Å². The standard InChI is InChI=1S/C27H32N2O5/c1-2-24(25(30)28-15-17-11-13-18(14-12-17)26(31)32)29-27(33)34-16-23-21-9-5-3-7-19(21)20-8-4-6-10-22(20)23/h3-10,17-18,23-24H,2,11-16H2,1H3,(H,28,30)(H,29,33)(H,31,32). The van der Waals surface area contributed by atoms with Crippen molar-refractivity contribution < 1.29 is 24.2 Å². The Morgan fingerprint density at radius 3 is 2.12 bits per heavy atom. The highest BCUT2D eigenvalue weighted by Gasteiger charge is 2.30. The van der Waals surface area contributed by atoms with Gasteiger partial charge in [0.05, 0.1) is 5.92 Å². The molecule has 1 fully saturated rings. The molecule has 2 aromatic carbocycles. The summed E-state index contributed by atoms with van der Waals surface area (Å²) in [6.45, 7) is 2.53. The first-order valence-electron chi connectivity index (χ1n) is 12.1. The summed E-state index contributed by atoms with van der Waals surface area (Å²) in [6, 6.07) is 15.6. The van der Waals surface area contributed by atoms with Gasteiger partial charge < -0.3 is 20.5 Å². The first kappa shape index (κ1) is 23.8. The molecule has 2 amide bonds. The Morgan fingerprint density at radius 2 is 1.56 bits per heavy atom. The van der Waals surface area contributed by atoms with E-state index in [9.17, 15) is 14.4 Å². The van der Waals surface area contributed by atoms with Crippen molar-refractivity contribution in [2.24, 2.45) is 11.8 Å². The Balaban J connectivity index is 1.27. The summed E-state index contributed by atoms with van der Waals surface area (Å²) < 4.78 is 5.57. The van der Waals surface area contributed by atoms with Crippen molar-refractivity contribution in [2.45, 2.75) is 51.0 Å². The van der Waals surface area contributed by atoms with Gasteiger partial charge in [-0.2, -0.15) is 0 Å². The summed E-state index contributed by atoms with van der Waals surface area (Å²) in [6.07, 6.45) is 2.70. The second kappa shape index (κ2) is 10.7. The monoisotopic (exact) mass is 464 g/mol. The van der Waals surface area contributed by atoms with E-state index in [2.05, 4.69) is 34.9 Å². The first-order chi connectivity index (χ1) is 16.5. The zero-order chi connectivity index (χ0) is 24.1. The molecule has 34 heavy (non-hydrogen) atoms. The van der Waals surface area contributed by atoms with E-state index in [1.807, 2.05) is 31.2 Å². The van der Waals surface area contributed by atoms with Gasteiger partial charge >= 0.3 is 12.1 Å². The molecule has 0 radical (unpaired) electrons. The van der Waals surface area contributed by atoms with Crippen LogP contribution >= 0.6 is 0 Å². The van der Waals surface area contributed by atoms with E-state index in [0.29, 0.717) is 25.8 Å². The molecule has 180 valence electrons. The molecule has 0 bridgehead atoms. The van der Waals surface area contributed by atoms with Crippen LogP contribution < -0.4 is 10.6 Å². The number of carbonyl (C=O) groups excluding carboxylic acids is 2. The molecule has 7 nitrogen and oxygen atoms in total. The maximum Gasteiger partial charge on any atom is 0.407 e. The van der Waals surface area contributed by atoms with Crippen LogP contribution in [-0.2, 0) is 14.3 Å². The van der Waals surface area contributed by atoms with Crippen LogP contribution in [0.25, 0.3) is 11.1 Å². The van der Waals surface area contributed by atoms with Gasteiger partial charge in [-0.05, 0) is 60.3 Å². The van der Waals surface area contributed by atoms with E-state index in [0.717, 1.165) is 35.1 Å². The molecular formula is C27H32N2O5. The summed E-state index contributed by atoms with van der Waals surface area (Å²) in [5, 5.41) is 14.7. The SMILES string of the molecule is CCC(NC(=O)OCC1c2ccccc2-c2ccccc21)C(=O)NCC1CCC(C(=O)O)CC1. The summed E-state index contributed by atoms with van der Waals surface area (Å²) in [5.74, 6) is -1.01. The number of carbonyl (C=O) groups is 3. The number of aliphatic carboxylic acids is 1. The third kappa shape index (κ3) is 5.24. The summed E-state index contributed by atoms with van der Waals surface area (Å²) in [5.41, 5.74) is 4.60. The first-order valence-corrected chi connectivity index (χ1v) is 12.1. The molecule has 2 aliphatic carbocycles. The molecule has 0 saturated heterocycles. The van der Waals surface area contributed by atoms with E-state index in [1.54, 1.807) is 0 Å². The van der Waals surface area contributed by atoms with Gasteiger partial charge in [-0.1, -0.05) is 55.5 Å². The Morgan fingerprint density at radius 1 is 0.971 bits per heavy atom. The molecule has 7 heteroatoms. The van der Waals surface area contributed by atoms with Crippen LogP contribution in [0.15, 0.2) is 48.5 Å². The lowest BCUT2D eigenvalue weighted by Gasteiger charge is -2.27. The number of rotatable bonds is 8. The molecule has 4 rings (SSSR count). The molecule has 2 aromatic rings. The molecule has 0 spiro atoms. The van der Waals surface area contributed by atoms with Crippen LogP contribution in [0.4, 0.5) is 4.79 Å². The highest BCUT2D eigenvalue weighted by Crippen LogP contribution is 2.44. The number of ether oxygens (including phenoxy) is 1. The van der Waals surface area contributed by atoms with Crippen LogP contribution in [0.1, 0.15) is 56.1 Å². The van der Waals surface area contributed by atoms with E-state index in [-0.39, 0.29) is 30.3 Å². The molecule has 2 aliphatic rings. The van der Waals surface area contributed by atoms with Gasteiger partial charge in [0, 0.05) is 12.5 Å². The van der Waals surface area contributed by atoms with Gasteiger partial charge in [-0.3, -0.25) is 9.59 Å². The number of alkyl carbamates (subject to hydrolysis) is 1. The fourth-order valence-electron chi connectivity index (χ4n) is 5.12. The van der Waals surface area contributed by atoms with Gasteiger partial charge in [0.25, 0.3) is 0 Å². The second-order valence-electron chi connectivity index (χ2n) is 9.23. The smallest absolute Gasteiger partial charge is 0.407 e. The van der Waals surface area contributed by atoms with Crippen molar-refractivity contribution in [1.82, 2.24) is 10.6 Å². The molecular weight excluding hydrogens is 432 g/mol. The van der Waals surface area contributed by atoms with Crippen LogP contribution in [0, 0.1) is 11.8 Å². The highest BCUT2D eigenvalue weighted by molar-refractivity contribution is 5.85. The maximum atomic E-state index is 12.6. The maximum absolute atomic E-state index is 12.6. The number of nitrogens with one attached hydrogen (secondary N) is 2. The summed E-state index contributed by atoms with van der Waals surface area (Å²) in [7, 11) is 0. The van der Waals surface area contributed by atoms with Crippen LogP contribution in [0.5, 0.6) is 0 Å². The number of fused-ring (bicyclic) bond motifs is 3. The number of carboxylic acids is 1. The van der Waals surface area contributed by atoms with Crippen LogP contribution in [-0.4, -0.2) is 42.3 Å². The van der Waals surface area contributed by atoms with Crippen molar-refractivity contribution in [2.75, 3.05) is 13.2 Å². The number of amides is 2. The predicted molar refractivity (Wildman–Crippen MR) is 128 cm³/mol. The van der Waals surface area contributed by atoms with Gasteiger partial charge in [0.1, 0.15) is 12.6 Å². The summed E-state index contributed by atoms with van der Waals surface area (Å²) >= 11 is 0. The largest absolute Gasteiger partial charge is 0.481 e. The normalized spacial score (nSPS) is 20.0. The van der Waals surface area contributed by atoms with E-state index >= 15 is 0 Å². The molecule has 1 atom stereocenters. The molecule has 0 aromatic heterocycles. The number of hydrogen-bond acceptors (Lipinski definition) is 4. The zero-order valence-electron chi connectivity index (χ0n) is 19.5. The second-order valence-corrected chi connectivity index (χ2v) is 9.23. The Hall–Kier alpha value is -3.35. The quantitative estimate of drug-likeness (QED) is 0.540. The van der Waals surface area contributed by atoms with Crippen molar-refractivity contribution in [3.05, 3.63) is 59.7 Å². The van der Waals surface area contributed by atoms with E-state index in [4.69, 9.17) is 9.84 Å². The number of benzene rings is 2. The Labute approximate surface area is 199 Å². The number of hydrogen-bond donors (Lipinski definition) is 3. The molecule has 1 unspecified atom stereocenters. The average Bonchev–Trinajstić information content (AvgIpc) is 3.18. The molecule has 0 heterocycles. The van der Waals surface area contributed by atoms with Gasteiger partial charge in [0.2, 0.25) is 5.91 Å². The van der Waals surface area contributed by atoms with Crippen molar-refractivity contribution in [3.63, 3.8) is 0 Å². The Kier molecular flexibility index (Phi) is 7.50. The third-order valence-corrected chi connectivity index (χ3v) is 7.12. The molecule has 0 aliphatic heterocycles. The van der Waals surface area contributed by atoms with Gasteiger partial charge in [-0.15, -0.1) is 0 Å². The fraction of sp³-hybridized carbons (Fsp3) is 0.444. The average molecular weight is 465 g/mol. The van der Waals surface area contributed by atoms with Gasteiger partial charge in [-0.25, -0.2) is 4.79 Å². The van der Waals surface area contributed by atoms with Crippen LogP contribution in [0.3, 0.4) is 0 Å². The van der Waals surface area contributed by atoms with Crippen molar-refractivity contribution in [1.29, 1.82) is 0 Å². The summed E-state index contributed by atoms with van der Waals surface area (Å²) in [4.78, 5) is 36.3. The van der Waals surface area contributed by atoms with E-state index in [1.165, 1.54) is 0 Å². The van der Waals surface area contributed by atoms with Crippen molar-refractivity contribution in [3.8, 4) is 11.1 Å². The topological polar surface area (TPSA) is 105 Å². The minimum absolute atomic E-state index is 0.0343. The zero-order valence-corrected chi connectivity index (χ0v) is 19.5. The minimum Gasteiger partial charge on any atom is -0.481 e. The predicted octanol–water partition coefficient (Wildman–Crippen LogP) is 4.31. The highest BCUT2D eigenvalue weighted by atomic mass is 16.5. The lowest BCUT2D eigenvalue weighted by molar-refractivity contribution is -0.143. The van der Waals surface area contributed by atoms with Crippen molar-refractivity contribution >= 4 is 18.0 Å². The fourth-order valence-corrected chi connectivity index (χ4v) is 5.12. The molecule has 3 N–H and O–H groups in total. The number of carboxylic acid groups (broad SMARTS) is 1. The van der Waals surface area contributed by atoms with Gasteiger partial charge in [0.15, 0.2) is 0 Å². The Bertz CT molecular complexity index is 999. The molecule has 1 saturated carbocycles. The lowest BCUT2D eigenvalue weighted by atomic mass is 9.82.